The molecule has 2 aliphatic heterocycles. The number of likely N-dealkylation sites (tertiary alicyclic amines) is 2. The fourth-order valence-corrected chi connectivity index (χ4v) is 4.22. The molecule has 156 valence electrons. The first-order valence-corrected chi connectivity index (χ1v) is 9.95. The van der Waals surface area contributed by atoms with Crippen molar-refractivity contribution >= 4 is 17.7 Å². The van der Waals surface area contributed by atoms with Gasteiger partial charge in [0.2, 0.25) is 0 Å². The molecular formula is C20H26ClF3N2O2. The van der Waals surface area contributed by atoms with E-state index in [1.807, 2.05) is 19.1 Å². The summed E-state index contributed by atoms with van der Waals surface area (Å²) < 4.78 is 42.3. The molecule has 3 rings (SSSR count). The summed E-state index contributed by atoms with van der Waals surface area (Å²) in [5, 5.41) is 0.770. The minimum Gasteiger partial charge on any atom is -0.437 e. The van der Waals surface area contributed by atoms with Crippen molar-refractivity contribution < 1.29 is 22.7 Å². The van der Waals surface area contributed by atoms with Gasteiger partial charge in [0.05, 0.1) is 0 Å². The lowest BCUT2D eigenvalue weighted by molar-refractivity contribution is -0.200. The van der Waals surface area contributed by atoms with Gasteiger partial charge in [-0.1, -0.05) is 23.7 Å². The van der Waals surface area contributed by atoms with Gasteiger partial charge in [-0.25, -0.2) is 4.79 Å². The highest BCUT2D eigenvalue weighted by Crippen LogP contribution is 2.41. The van der Waals surface area contributed by atoms with E-state index in [1.54, 1.807) is 0 Å². The molecule has 1 aromatic rings. The number of hydrogen-bond acceptors (Lipinski definition) is 3. The zero-order chi connectivity index (χ0) is 20.5. The fraction of sp³-hybridized carbons (Fsp3) is 0.650. The average Bonchev–Trinajstić information content (AvgIpc) is 3.00. The van der Waals surface area contributed by atoms with E-state index >= 15 is 0 Å². The van der Waals surface area contributed by atoms with E-state index in [-0.39, 0.29) is 5.41 Å². The lowest BCUT2D eigenvalue weighted by Crippen LogP contribution is -2.46. The van der Waals surface area contributed by atoms with E-state index in [0.717, 1.165) is 56.4 Å². The molecule has 1 amide bonds. The smallest absolute Gasteiger partial charge is 0.425 e. The van der Waals surface area contributed by atoms with Crippen LogP contribution in [0.5, 0.6) is 0 Å². The number of carbonyl (C=O) groups excluding carboxylic acids is 1. The second-order valence-electron chi connectivity index (χ2n) is 8.10. The molecule has 1 spiro atoms. The van der Waals surface area contributed by atoms with Gasteiger partial charge in [0.1, 0.15) is 0 Å². The predicted octanol–water partition coefficient (Wildman–Crippen LogP) is 5.02. The van der Waals surface area contributed by atoms with Gasteiger partial charge in [-0.15, -0.1) is 0 Å². The number of benzene rings is 1. The first-order valence-electron chi connectivity index (χ1n) is 9.58. The molecule has 1 atom stereocenters. The Kier molecular flexibility index (Phi) is 6.15. The van der Waals surface area contributed by atoms with Crippen molar-refractivity contribution in [2.24, 2.45) is 5.41 Å². The van der Waals surface area contributed by atoms with E-state index < -0.39 is 18.4 Å². The Morgan fingerprint density at radius 2 is 1.89 bits per heavy atom. The summed E-state index contributed by atoms with van der Waals surface area (Å²) in [5.41, 5.74) is 2.36. The zero-order valence-corrected chi connectivity index (χ0v) is 16.9. The second-order valence-corrected chi connectivity index (χ2v) is 8.51. The van der Waals surface area contributed by atoms with E-state index in [2.05, 4.69) is 15.7 Å². The molecule has 0 N–H and O–H groups in total. The van der Waals surface area contributed by atoms with Crippen LogP contribution in [-0.4, -0.2) is 54.4 Å². The third-order valence-corrected chi connectivity index (χ3v) is 6.39. The van der Waals surface area contributed by atoms with Gasteiger partial charge in [-0.2, -0.15) is 13.2 Å². The Labute approximate surface area is 168 Å². The van der Waals surface area contributed by atoms with E-state index in [1.165, 1.54) is 10.5 Å². The maximum Gasteiger partial charge on any atom is 0.425 e. The van der Waals surface area contributed by atoms with Crippen LogP contribution >= 0.6 is 11.6 Å². The Hall–Kier alpha value is -1.47. The van der Waals surface area contributed by atoms with Gasteiger partial charge in [-0.3, -0.25) is 4.90 Å². The number of aryl methyl sites for hydroxylation is 1. The van der Waals surface area contributed by atoms with E-state index in [4.69, 9.17) is 11.6 Å². The highest BCUT2D eigenvalue weighted by molar-refractivity contribution is 6.31. The maximum atomic E-state index is 12.6. The van der Waals surface area contributed by atoms with Gasteiger partial charge in [0.25, 0.3) is 0 Å². The Morgan fingerprint density at radius 1 is 1.25 bits per heavy atom. The van der Waals surface area contributed by atoms with Gasteiger partial charge < -0.3 is 9.64 Å². The number of halogens is 4. The Morgan fingerprint density at radius 3 is 2.50 bits per heavy atom. The molecule has 2 saturated heterocycles. The van der Waals surface area contributed by atoms with E-state index in [0.29, 0.717) is 13.1 Å². The molecule has 1 aromatic carbocycles. The van der Waals surface area contributed by atoms with Gasteiger partial charge >= 0.3 is 12.3 Å². The number of ether oxygens (including phenoxy) is 1. The number of carbonyl (C=O) groups is 1. The predicted molar refractivity (Wildman–Crippen MR) is 101 cm³/mol. The van der Waals surface area contributed by atoms with Crippen LogP contribution < -0.4 is 0 Å². The van der Waals surface area contributed by atoms with E-state index in [9.17, 15) is 18.0 Å². The minimum atomic E-state index is -4.53. The summed E-state index contributed by atoms with van der Waals surface area (Å²) >= 11 is 6.21. The fourth-order valence-electron chi connectivity index (χ4n) is 4.02. The molecule has 0 saturated carbocycles. The topological polar surface area (TPSA) is 32.8 Å². The Balaban J connectivity index is 1.50. The third kappa shape index (κ3) is 4.92. The number of alkyl halides is 3. The highest BCUT2D eigenvalue weighted by atomic mass is 35.5. The maximum absolute atomic E-state index is 12.6. The molecular weight excluding hydrogens is 393 g/mol. The summed E-state index contributed by atoms with van der Waals surface area (Å²) in [5.74, 6) is 0. The van der Waals surface area contributed by atoms with Crippen LogP contribution in [0.3, 0.4) is 0 Å². The highest BCUT2D eigenvalue weighted by Gasteiger charge is 2.43. The molecule has 0 aromatic heterocycles. The minimum absolute atomic E-state index is 0.126. The van der Waals surface area contributed by atoms with Crippen LogP contribution in [0.1, 0.15) is 37.3 Å². The van der Waals surface area contributed by atoms with Crippen molar-refractivity contribution in [2.45, 2.75) is 51.9 Å². The summed E-state index contributed by atoms with van der Waals surface area (Å²) in [4.78, 5) is 15.8. The molecule has 0 radical (unpaired) electrons. The second kappa shape index (κ2) is 8.11. The number of hydrogen-bond donors (Lipinski definition) is 0. The molecule has 1 unspecified atom stereocenters. The van der Waals surface area contributed by atoms with Crippen molar-refractivity contribution in [1.82, 2.24) is 9.80 Å². The van der Waals surface area contributed by atoms with Gasteiger partial charge in [0.15, 0.2) is 6.10 Å². The molecule has 8 heteroatoms. The van der Waals surface area contributed by atoms with Crippen LogP contribution in [0.25, 0.3) is 0 Å². The van der Waals surface area contributed by atoms with Crippen molar-refractivity contribution in [1.29, 1.82) is 0 Å². The largest absolute Gasteiger partial charge is 0.437 e. The van der Waals surface area contributed by atoms with Crippen molar-refractivity contribution in [3.8, 4) is 0 Å². The first-order chi connectivity index (χ1) is 13.1. The van der Waals surface area contributed by atoms with Gasteiger partial charge in [0, 0.05) is 31.2 Å². The summed E-state index contributed by atoms with van der Waals surface area (Å²) in [6.45, 7) is 6.44. The summed E-state index contributed by atoms with van der Waals surface area (Å²) in [6.07, 6.45) is -4.88. The first kappa shape index (κ1) is 21.2. The van der Waals surface area contributed by atoms with Crippen LogP contribution in [0, 0.1) is 12.3 Å². The van der Waals surface area contributed by atoms with Crippen LogP contribution in [-0.2, 0) is 11.3 Å². The quantitative estimate of drug-likeness (QED) is 0.690. The Bertz CT molecular complexity index is 718. The van der Waals surface area contributed by atoms with Crippen LogP contribution in [0.2, 0.25) is 5.02 Å². The molecule has 0 bridgehead atoms. The summed E-state index contributed by atoms with van der Waals surface area (Å²) in [7, 11) is 0. The number of nitrogens with zero attached hydrogens (tertiary/aromatic N) is 2. The standard InChI is InChI=1S/C20H26ClF3N2O2/c1-14-3-4-16(11-17(14)21)12-25-8-5-19(13-25)6-9-26(10-7-19)18(27)28-15(2)20(22,23)24/h3-4,11,15H,5-10,12-13H2,1-2H3. The normalized spacial score (nSPS) is 21.1. The number of amides is 1. The molecule has 2 aliphatic rings. The van der Waals surface area contributed by atoms with Crippen molar-refractivity contribution in [3.63, 3.8) is 0 Å². The lowest BCUT2D eigenvalue weighted by Gasteiger charge is -2.39. The van der Waals surface area contributed by atoms with Crippen molar-refractivity contribution in [3.05, 3.63) is 34.3 Å². The lowest BCUT2D eigenvalue weighted by atomic mass is 9.78. The number of rotatable bonds is 3. The average molecular weight is 419 g/mol. The molecule has 28 heavy (non-hydrogen) atoms. The zero-order valence-electron chi connectivity index (χ0n) is 16.2. The van der Waals surface area contributed by atoms with Crippen LogP contribution in [0.4, 0.5) is 18.0 Å². The molecule has 0 aliphatic carbocycles. The third-order valence-electron chi connectivity index (χ3n) is 5.98. The number of piperidine rings is 1. The SMILES string of the molecule is Cc1ccc(CN2CCC3(CCN(C(=O)OC(C)C(F)(F)F)CC3)C2)cc1Cl. The monoisotopic (exact) mass is 418 g/mol. The molecule has 2 heterocycles. The van der Waals surface area contributed by atoms with Crippen molar-refractivity contribution in [2.75, 3.05) is 26.2 Å². The molecule has 4 nitrogen and oxygen atoms in total. The van der Waals surface area contributed by atoms with Gasteiger partial charge in [-0.05, 0) is 62.3 Å². The van der Waals surface area contributed by atoms with Crippen LogP contribution in [0.15, 0.2) is 18.2 Å². The molecule has 2 fully saturated rings. The summed E-state index contributed by atoms with van der Waals surface area (Å²) in [6, 6.07) is 6.12.